The Labute approximate surface area is 146 Å². The molecule has 25 heavy (non-hydrogen) atoms. The molecule has 2 aliphatic heterocycles. The molecule has 1 atom stereocenters. The van der Waals surface area contributed by atoms with Gasteiger partial charge in [0.15, 0.2) is 11.5 Å². The summed E-state index contributed by atoms with van der Waals surface area (Å²) >= 11 is 0. The molecule has 3 heterocycles. The third-order valence-corrected chi connectivity index (χ3v) is 4.81. The van der Waals surface area contributed by atoms with Gasteiger partial charge in [-0.15, -0.1) is 0 Å². The number of likely N-dealkylation sites (tertiary alicyclic amines) is 1. The summed E-state index contributed by atoms with van der Waals surface area (Å²) < 4.78 is 16.8. The van der Waals surface area contributed by atoms with E-state index < -0.39 is 0 Å². The Kier molecular flexibility index (Phi) is 4.85. The Bertz CT molecular complexity index is 685. The van der Waals surface area contributed by atoms with Crippen molar-refractivity contribution in [1.82, 2.24) is 15.2 Å². The number of aromatic nitrogens is 1. The van der Waals surface area contributed by atoms with E-state index in [2.05, 4.69) is 10.3 Å². The second kappa shape index (κ2) is 7.41. The number of piperidine rings is 1. The number of urea groups is 1. The van der Waals surface area contributed by atoms with Crippen molar-refractivity contribution in [3.63, 3.8) is 0 Å². The maximum absolute atomic E-state index is 12.3. The first kappa shape index (κ1) is 16.4. The average molecular weight is 345 g/mol. The number of benzene rings is 1. The lowest BCUT2D eigenvalue weighted by atomic mass is 9.97. The van der Waals surface area contributed by atoms with Crippen LogP contribution in [0.15, 0.2) is 28.7 Å². The van der Waals surface area contributed by atoms with Gasteiger partial charge in [0.2, 0.25) is 0 Å². The molecule has 2 aliphatic rings. The number of rotatable bonds is 3. The van der Waals surface area contributed by atoms with Gasteiger partial charge in [-0.05, 0) is 25.0 Å². The summed E-state index contributed by atoms with van der Waals surface area (Å²) in [5.41, 5.74) is 1.72. The van der Waals surface area contributed by atoms with E-state index in [1.54, 1.807) is 0 Å². The molecule has 2 amide bonds. The lowest BCUT2D eigenvalue weighted by molar-refractivity contribution is -0.0856. The molecule has 2 aromatic rings. The largest absolute Gasteiger partial charge is 0.440 e. The van der Waals surface area contributed by atoms with Gasteiger partial charge in [0.25, 0.3) is 0 Å². The van der Waals surface area contributed by atoms with Crippen LogP contribution in [0.1, 0.15) is 24.7 Å². The quantitative estimate of drug-likeness (QED) is 0.922. The van der Waals surface area contributed by atoms with Crippen molar-refractivity contribution in [2.24, 2.45) is 0 Å². The number of hydrogen-bond donors (Lipinski definition) is 1. The normalized spacial score (nSPS) is 22.2. The number of carbonyl (C=O) groups excluding carboxylic acids is 1. The molecule has 2 fully saturated rings. The molecule has 0 saturated carbocycles. The molecule has 134 valence electrons. The van der Waals surface area contributed by atoms with E-state index in [4.69, 9.17) is 13.9 Å². The van der Waals surface area contributed by atoms with Gasteiger partial charge in [0, 0.05) is 25.6 Å². The van der Waals surface area contributed by atoms with Crippen molar-refractivity contribution in [2.75, 3.05) is 39.5 Å². The fourth-order valence-corrected chi connectivity index (χ4v) is 3.36. The van der Waals surface area contributed by atoms with E-state index in [9.17, 15) is 4.79 Å². The zero-order valence-electron chi connectivity index (χ0n) is 14.1. The molecule has 0 unspecified atom stereocenters. The van der Waals surface area contributed by atoms with Crippen molar-refractivity contribution in [2.45, 2.75) is 24.9 Å². The average Bonchev–Trinajstić information content (AvgIpc) is 3.11. The Morgan fingerprint density at radius 3 is 2.84 bits per heavy atom. The Morgan fingerprint density at radius 1 is 1.24 bits per heavy atom. The molecule has 7 nitrogen and oxygen atoms in total. The molecule has 0 radical (unpaired) electrons. The minimum atomic E-state index is -0.0463. The van der Waals surface area contributed by atoms with Gasteiger partial charge >= 0.3 is 6.03 Å². The predicted octanol–water partition coefficient (Wildman–Crippen LogP) is 2.13. The van der Waals surface area contributed by atoms with Crippen LogP contribution in [0.3, 0.4) is 0 Å². The summed E-state index contributed by atoms with van der Waals surface area (Å²) in [7, 11) is 0. The Morgan fingerprint density at radius 2 is 2.08 bits per heavy atom. The van der Waals surface area contributed by atoms with Gasteiger partial charge < -0.3 is 24.1 Å². The van der Waals surface area contributed by atoms with Crippen LogP contribution in [-0.2, 0) is 9.47 Å². The fraction of sp³-hybridized carbons (Fsp3) is 0.556. The number of para-hydroxylation sites is 2. The summed E-state index contributed by atoms with van der Waals surface area (Å²) in [6, 6.07) is 7.77. The highest BCUT2D eigenvalue weighted by Gasteiger charge is 2.27. The summed E-state index contributed by atoms with van der Waals surface area (Å²) in [6.07, 6.45) is 1.68. The first-order valence-corrected chi connectivity index (χ1v) is 8.87. The number of carbonyl (C=O) groups is 1. The second-order valence-electron chi connectivity index (χ2n) is 6.53. The van der Waals surface area contributed by atoms with Crippen LogP contribution in [0.2, 0.25) is 0 Å². The summed E-state index contributed by atoms with van der Waals surface area (Å²) in [4.78, 5) is 18.7. The molecular weight excluding hydrogens is 322 g/mol. The minimum absolute atomic E-state index is 0.0369. The minimum Gasteiger partial charge on any atom is -0.440 e. The number of amides is 2. The molecule has 4 rings (SSSR count). The summed E-state index contributed by atoms with van der Waals surface area (Å²) in [6.45, 7) is 3.67. The molecule has 7 heteroatoms. The fourth-order valence-electron chi connectivity index (χ4n) is 3.36. The SMILES string of the molecule is O=C(NC[C@H]1COCCO1)N1CCC(c2nc3ccccc3o2)CC1. The monoisotopic (exact) mass is 345 g/mol. The first-order valence-electron chi connectivity index (χ1n) is 8.87. The zero-order valence-corrected chi connectivity index (χ0v) is 14.1. The summed E-state index contributed by atoms with van der Waals surface area (Å²) in [5, 5.41) is 2.94. The lowest BCUT2D eigenvalue weighted by Gasteiger charge is -2.31. The van der Waals surface area contributed by atoms with Crippen molar-refractivity contribution in [1.29, 1.82) is 0 Å². The van der Waals surface area contributed by atoms with Gasteiger partial charge in [-0.25, -0.2) is 9.78 Å². The number of fused-ring (bicyclic) bond motifs is 1. The van der Waals surface area contributed by atoms with Crippen molar-refractivity contribution in [3.05, 3.63) is 30.2 Å². The van der Waals surface area contributed by atoms with Crippen LogP contribution >= 0.6 is 0 Å². The van der Waals surface area contributed by atoms with Gasteiger partial charge in [0.05, 0.1) is 25.9 Å². The third kappa shape index (κ3) is 3.77. The summed E-state index contributed by atoms with van der Waals surface area (Å²) in [5.74, 6) is 1.06. The van der Waals surface area contributed by atoms with E-state index in [1.165, 1.54) is 0 Å². The van der Waals surface area contributed by atoms with E-state index in [1.807, 2.05) is 29.2 Å². The van der Waals surface area contributed by atoms with Crippen LogP contribution in [0.5, 0.6) is 0 Å². The standard InChI is InChI=1S/C18H23N3O4/c22-18(19-11-14-12-23-9-10-24-14)21-7-5-13(6-8-21)17-20-15-3-1-2-4-16(15)25-17/h1-4,13-14H,5-12H2,(H,19,22)/t14-/m0/s1. The topological polar surface area (TPSA) is 76.8 Å². The van der Waals surface area contributed by atoms with Crippen LogP contribution in [0.4, 0.5) is 4.79 Å². The van der Waals surface area contributed by atoms with Crippen molar-refractivity contribution >= 4 is 17.1 Å². The molecule has 2 saturated heterocycles. The molecule has 1 N–H and O–H groups in total. The number of nitrogens with zero attached hydrogens (tertiary/aromatic N) is 2. The second-order valence-corrected chi connectivity index (χ2v) is 6.53. The van der Waals surface area contributed by atoms with Gasteiger partial charge in [0.1, 0.15) is 5.52 Å². The maximum atomic E-state index is 12.3. The molecule has 0 aliphatic carbocycles. The number of hydrogen-bond acceptors (Lipinski definition) is 5. The highest BCUT2D eigenvalue weighted by atomic mass is 16.6. The van der Waals surface area contributed by atoms with E-state index in [-0.39, 0.29) is 18.1 Å². The van der Waals surface area contributed by atoms with Gasteiger partial charge in [-0.3, -0.25) is 0 Å². The molecular formula is C18H23N3O4. The molecule has 0 spiro atoms. The molecule has 1 aromatic heterocycles. The predicted molar refractivity (Wildman–Crippen MR) is 91.5 cm³/mol. The molecule has 0 bridgehead atoms. The van der Waals surface area contributed by atoms with Crippen LogP contribution in [0.25, 0.3) is 11.1 Å². The van der Waals surface area contributed by atoms with Crippen LogP contribution in [0, 0.1) is 0 Å². The number of oxazole rings is 1. The number of nitrogens with one attached hydrogen (secondary N) is 1. The van der Waals surface area contributed by atoms with Crippen LogP contribution in [-0.4, -0.2) is 61.5 Å². The van der Waals surface area contributed by atoms with Crippen LogP contribution < -0.4 is 5.32 Å². The zero-order chi connectivity index (χ0) is 17.1. The maximum Gasteiger partial charge on any atom is 0.317 e. The van der Waals surface area contributed by atoms with E-state index >= 15 is 0 Å². The number of ether oxygens (including phenoxy) is 2. The van der Waals surface area contributed by atoms with Crippen molar-refractivity contribution < 1.29 is 18.7 Å². The van der Waals surface area contributed by atoms with Gasteiger partial charge in [-0.2, -0.15) is 0 Å². The third-order valence-electron chi connectivity index (χ3n) is 4.81. The molecule has 1 aromatic carbocycles. The van der Waals surface area contributed by atoms with Crippen molar-refractivity contribution in [3.8, 4) is 0 Å². The Balaban J connectivity index is 1.28. The first-order chi connectivity index (χ1) is 12.3. The van der Waals surface area contributed by atoms with E-state index in [0.717, 1.165) is 29.8 Å². The highest BCUT2D eigenvalue weighted by molar-refractivity contribution is 5.74. The Hall–Kier alpha value is -2.12. The van der Waals surface area contributed by atoms with E-state index in [0.29, 0.717) is 39.5 Å². The lowest BCUT2D eigenvalue weighted by Crippen LogP contribution is -2.47. The smallest absolute Gasteiger partial charge is 0.317 e. The van der Waals surface area contributed by atoms with Gasteiger partial charge in [-0.1, -0.05) is 12.1 Å². The highest BCUT2D eigenvalue weighted by Crippen LogP contribution is 2.29.